The van der Waals surface area contributed by atoms with Gasteiger partial charge in [-0.1, -0.05) is 19.3 Å². The summed E-state index contributed by atoms with van der Waals surface area (Å²) in [6, 6.07) is 1.42. The predicted octanol–water partition coefficient (Wildman–Crippen LogP) is 3.84. The van der Waals surface area contributed by atoms with E-state index in [1.807, 2.05) is 20.8 Å². The standard InChI is InChI=1S/C18H27NO5/c1-18(2,3)24-16(20)9-7-5-4-6-8-12-23-15-13-19-11-10-14(15)17(21)22/h10-11,13H,4-9,12H2,1-3H3,(H,21,22). The molecule has 0 atom stereocenters. The van der Waals surface area contributed by atoms with Crippen LogP contribution in [0.3, 0.4) is 0 Å². The zero-order valence-electron chi connectivity index (χ0n) is 14.7. The number of hydrogen-bond donors (Lipinski definition) is 1. The van der Waals surface area contributed by atoms with Crippen LogP contribution in [0.4, 0.5) is 0 Å². The van der Waals surface area contributed by atoms with Crippen molar-refractivity contribution >= 4 is 11.9 Å². The average molecular weight is 337 g/mol. The quantitative estimate of drug-likeness (QED) is 0.516. The van der Waals surface area contributed by atoms with Crippen LogP contribution in [-0.2, 0) is 9.53 Å². The van der Waals surface area contributed by atoms with E-state index in [-0.39, 0.29) is 11.5 Å². The Morgan fingerprint density at radius 1 is 1.12 bits per heavy atom. The highest BCUT2D eigenvalue weighted by molar-refractivity contribution is 5.90. The van der Waals surface area contributed by atoms with Gasteiger partial charge in [-0.2, -0.15) is 0 Å². The van der Waals surface area contributed by atoms with Crippen LogP contribution >= 0.6 is 0 Å². The number of carboxylic acids is 1. The van der Waals surface area contributed by atoms with Gasteiger partial charge in [0.2, 0.25) is 0 Å². The van der Waals surface area contributed by atoms with E-state index in [9.17, 15) is 9.59 Å². The first-order chi connectivity index (χ1) is 11.3. The van der Waals surface area contributed by atoms with Crippen LogP contribution < -0.4 is 4.74 Å². The molecular weight excluding hydrogens is 310 g/mol. The van der Waals surface area contributed by atoms with Gasteiger partial charge in [0.25, 0.3) is 0 Å². The van der Waals surface area contributed by atoms with Gasteiger partial charge in [-0.05, 0) is 39.7 Å². The summed E-state index contributed by atoms with van der Waals surface area (Å²) in [5.41, 5.74) is -0.294. The minimum atomic E-state index is -1.02. The summed E-state index contributed by atoms with van der Waals surface area (Å²) < 4.78 is 10.7. The molecule has 1 aromatic heterocycles. The van der Waals surface area contributed by atoms with E-state index >= 15 is 0 Å². The molecule has 134 valence electrons. The zero-order chi connectivity index (χ0) is 18.0. The van der Waals surface area contributed by atoms with Crippen molar-refractivity contribution in [3.05, 3.63) is 24.0 Å². The predicted molar refractivity (Wildman–Crippen MR) is 90.2 cm³/mol. The zero-order valence-corrected chi connectivity index (χ0v) is 14.7. The number of rotatable bonds is 10. The fraction of sp³-hybridized carbons (Fsp3) is 0.611. The van der Waals surface area contributed by atoms with Gasteiger partial charge < -0.3 is 14.6 Å². The van der Waals surface area contributed by atoms with Crippen LogP contribution in [0.5, 0.6) is 5.75 Å². The Morgan fingerprint density at radius 3 is 2.46 bits per heavy atom. The average Bonchev–Trinajstić information content (AvgIpc) is 2.48. The Hall–Kier alpha value is -2.11. The Labute approximate surface area is 143 Å². The minimum absolute atomic E-state index is 0.127. The highest BCUT2D eigenvalue weighted by Crippen LogP contribution is 2.17. The van der Waals surface area contributed by atoms with Gasteiger partial charge in [0.15, 0.2) is 5.75 Å². The molecule has 0 aromatic carbocycles. The maximum atomic E-state index is 11.5. The molecule has 24 heavy (non-hydrogen) atoms. The molecule has 0 saturated heterocycles. The van der Waals surface area contributed by atoms with Crippen molar-refractivity contribution in [2.24, 2.45) is 0 Å². The molecule has 0 aliphatic rings. The van der Waals surface area contributed by atoms with E-state index in [4.69, 9.17) is 14.6 Å². The van der Waals surface area contributed by atoms with Crippen molar-refractivity contribution in [1.29, 1.82) is 0 Å². The lowest BCUT2D eigenvalue weighted by Gasteiger charge is -2.19. The lowest BCUT2D eigenvalue weighted by molar-refractivity contribution is -0.154. The number of carbonyl (C=O) groups excluding carboxylic acids is 1. The summed E-state index contributed by atoms with van der Waals surface area (Å²) in [5, 5.41) is 9.04. The molecule has 0 spiro atoms. The summed E-state index contributed by atoms with van der Waals surface area (Å²) in [7, 11) is 0. The van der Waals surface area contributed by atoms with Gasteiger partial charge in [0, 0.05) is 12.6 Å². The third kappa shape index (κ3) is 8.50. The van der Waals surface area contributed by atoms with Crippen molar-refractivity contribution < 1.29 is 24.2 Å². The Kier molecular flexibility index (Phi) is 8.22. The first-order valence-electron chi connectivity index (χ1n) is 8.31. The second-order valence-corrected chi connectivity index (χ2v) is 6.63. The normalized spacial score (nSPS) is 11.1. The van der Waals surface area contributed by atoms with E-state index in [0.29, 0.717) is 18.8 Å². The number of ether oxygens (including phenoxy) is 2. The molecule has 1 heterocycles. The number of carbonyl (C=O) groups is 2. The molecule has 0 aliphatic heterocycles. The summed E-state index contributed by atoms with van der Waals surface area (Å²) in [6.45, 7) is 6.05. The summed E-state index contributed by atoms with van der Waals surface area (Å²) in [6.07, 6.45) is 7.90. The van der Waals surface area contributed by atoms with Crippen LogP contribution in [-0.4, -0.2) is 34.2 Å². The molecule has 6 heteroatoms. The molecule has 1 rings (SSSR count). The molecule has 6 nitrogen and oxygen atoms in total. The molecule has 0 radical (unpaired) electrons. The number of aromatic nitrogens is 1. The Morgan fingerprint density at radius 2 is 1.79 bits per heavy atom. The highest BCUT2D eigenvalue weighted by atomic mass is 16.6. The van der Waals surface area contributed by atoms with Gasteiger partial charge in [0.05, 0.1) is 12.8 Å². The van der Waals surface area contributed by atoms with Gasteiger partial charge >= 0.3 is 11.9 Å². The van der Waals surface area contributed by atoms with Crippen molar-refractivity contribution in [2.45, 2.75) is 64.9 Å². The maximum Gasteiger partial charge on any atom is 0.339 e. The van der Waals surface area contributed by atoms with Crippen LogP contribution in [0.1, 0.15) is 69.7 Å². The lowest BCUT2D eigenvalue weighted by atomic mass is 10.1. The van der Waals surface area contributed by atoms with Crippen molar-refractivity contribution in [3.63, 3.8) is 0 Å². The second kappa shape index (κ2) is 9.90. The van der Waals surface area contributed by atoms with Crippen LogP contribution in [0, 0.1) is 0 Å². The van der Waals surface area contributed by atoms with Gasteiger partial charge in [-0.15, -0.1) is 0 Å². The van der Waals surface area contributed by atoms with Gasteiger partial charge in [-0.3, -0.25) is 9.78 Å². The molecule has 1 N–H and O–H groups in total. The maximum absolute atomic E-state index is 11.5. The van der Waals surface area contributed by atoms with Crippen molar-refractivity contribution in [1.82, 2.24) is 4.98 Å². The van der Waals surface area contributed by atoms with Gasteiger partial charge in [0.1, 0.15) is 11.2 Å². The van der Waals surface area contributed by atoms with E-state index < -0.39 is 11.6 Å². The van der Waals surface area contributed by atoms with Crippen molar-refractivity contribution in [2.75, 3.05) is 6.61 Å². The van der Waals surface area contributed by atoms with Crippen LogP contribution in [0.2, 0.25) is 0 Å². The molecule has 0 aliphatic carbocycles. The smallest absolute Gasteiger partial charge is 0.339 e. The number of carboxylic acid groups (broad SMARTS) is 1. The molecule has 0 saturated carbocycles. The molecule has 0 fully saturated rings. The summed E-state index contributed by atoms with van der Waals surface area (Å²) >= 11 is 0. The molecule has 1 aromatic rings. The topological polar surface area (TPSA) is 85.7 Å². The first-order valence-corrected chi connectivity index (χ1v) is 8.31. The number of esters is 1. The SMILES string of the molecule is CC(C)(C)OC(=O)CCCCCCCOc1cnccc1C(=O)O. The number of hydrogen-bond acceptors (Lipinski definition) is 5. The van der Waals surface area contributed by atoms with Crippen LogP contribution in [0.15, 0.2) is 18.5 Å². The monoisotopic (exact) mass is 337 g/mol. The van der Waals surface area contributed by atoms with E-state index in [2.05, 4.69) is 4.98 Å². The fourth-order valence-electron chi connectivity index (χ4n) is 2.15. The molecule has 0 unspecified atom stereocenters. The fourth-order valence-corrected chi connectivity index (χ4v) is 2.15. The molecule has 0 amide bonds. The number of aromatic carboxylic acids is 1. The number of nitrogens with zero attached hydrogens (tertiary/aromatic N) is 1. The molecule has 0 bridgehead atoms. The van der Waals surface area contributed by atoms with E-state index in [1.54, 1.807) is 0 Å². The third-order valence-corrected chi connectivity index (χ3v) is 3.22. The second-order valence-electron chi connectivity index (χ2n) is 6.63. The summed E-state index contributed by atoms with van der Waals surface area (Å²) in [5.74, 6) is -0.868. The van der Waals surface area contributed by atoms with Gasteiger partial charge in [-0.25, -0.2) is 4.79 Å². The minimum Gasteiger partial charge on any atom is -0.491 e. The Bertz CT molecular complexity index is 536. The van der Waals surface area contributed by atoms with E-state index in [1.165, 1.54) is 18.5 Å². The number of pyridine rings is 1. The van der Waals surface area contributed by atoms with Crippen molar-refractivity contribution in [3.8, 4) is 5.75 Å². The Balaban J connectivity index is 2.09. The largest absolute Gasteiger partial charge is 0.491 e. The molecular formula is C18H27NO5. The lowest BCUT2D eigenvalue weighted by Crippen LogP contribution is -2.23. The van der Waals surface area contributed by atoms with E-state index in [0.717, 1.165) is 32.1 Å². The summed E-state index contributed by atoms with van der Waals surface area (Å²) in [4.78, 5) is 26.4. The third-order valence-electron chi connectivity index (χ3n) is 3.22. The van der Waals surface area contributed by atoms with Crippen LogP contribution in [0.25, 0.3) is 0 Å². The number of unbranched alkanes of at least 4 members (excludes halogenated alkanes) is 4. The first kappa shape index (κ1) is 19.9. The highest BCUT2D eigenvalue weighted by Gasteiger charge is 2.15.